The van der Waals surface area contributed by atoms with Crippen molar-refractivity contribution in [3.05, 3.63) is 78.1 Å². The Morgan fingerprint density at radius 2 is 2.06 bits per heavy atom. The first-order valence-electron chi connectivity index (χ1n) is 11.1. The second kappa shape index (κ2) is 8.97. The summed E-state index contributed by atoms with van der Waals surface area (Å²) in [5, 5.41) is 8.71. The fraction of sp³-hybridized carbons (Fsp3) is 0.280. The Morgan fingerprint density at radius 3 is 2.91 bits per heavy atom. The first kappa shape index (κ1) is 21.1. The maximum absolute atomic E-state index is 13.1. The van der Waals surface area contributed by atoms with Crippen LogP contribution in [0.15, 0.2) is 60.9 Å². The molecule has 1 atom stereocenters. The molecule has 1 aliphatic heterocycles. The molecule has 1 fully saturated rings. The zero-order valence-corrected chi connectivity index (χ0v) is 18.4. The van der Waals surface area contributed by atoms with Gasteiger partial charge in [-0.1, -0.05) is 18.2 Å². The van der Waals surface area contributed by atoms with E-state index in [9.17, 15) is 9.18 Å². The lowest BCUT2D eigenvalue weighted by Crippen LogP contribution is -2.29. The van der Waals surface area contributed by atoms with Gasteiger partial charge < -0.3 is 10.2 Å². The SMILES string of the molecule is Cc1cc(Nc2ccc(F)cn2)cc([C@@H]2CCN(C(=O)CCn3ncc4ccccc43)C2)n1. The van der Waals surface area contributed by atoms with Gasteiger partial charge in [0.2, 0.25) is 5.91 Å². The Kier molecular flexibility index (Phi) is 5.73. The Balaban J connectivity index is 1.22. The van der Waals surface area contributed by atoms with E-state index in [1.165, 1.54) is 12.3 Å². The molecule has 4 heterocycles. The molecule has 0 saturated carbocycles. The number of pyridine rings is 2. The van der Waals surface area contributed by atoms with Crippen molar-refractivity contribution < 1.29 is 9.18 Å². The van der Waals surface area contributed by atoms with Crippen LogP contribution < -0.4 is 5.32 Å². The van der Waals surface area contributed by atoms with Gasteiger partial charge in [0.25, 0.3) is 0 Å². The summed E-state index contributed by atoms with van der Waals surface area (Å²) < 4.78 is 15.0. The van der Waals surface area contributed by atoms with Gasteiger partial charge in [0.15, 0.2) is 0 Å². The highest BCUT2D eigenvalue weighted by Crippen LogP contribution is 2.29. The molecule has 8 heteroatoms. The average molecular weight is 445 g/mol. The maximum atomic E-state index is 13.1. The predicted molar refractivity (Wildman–Crippen MR) is 125 cm³/mol. The summed E-state index contributed by atoms with van der Waals surface area (Å²) >= 11 is 0. The lowest BCUT2D eigenvalue weighted by Gasteiger charge is -2.17. The number of likely N-dealkylation sites (tertiary alicyclic amines) is 1. The lowest BCUT2D eigenvalue weighted by molar-refractivity contribution is -0.130. The molecule has 0 radical (unpaired) electrons. The van der Waals surface area contributed by atoms with Gasteiger partial charge in [-0.3, -0.25) is 14.5 Å². The number of carbonyl (C=O) groups is 1. The second-order valence-electron chi connectivity index (χ2n) is 8.41. The van der Waals surface area contributed by atoms with Crippen molar-refractivity contribution in [3.8, 4) is 0 Å². The normalized spacial score (nSPS) is 15.8. The van der Waals surface area contributed by atoms with Crippen molar-refractivity contribution in [1.82, 2.24) is 24.6 Å². The van der Waals surface area contributed by atoms with Crippen LogP contribution in [0.4, 0.5) is 15.9 Å². The van der Waals surface area contributed by atoms with E-state index in [4.69, 9.17) is 4.98 Å². The number of benzene rings is 1. The summed E-state index contributed by atoms with van der Waals surface area (Å²) in [6.45, 7) is 3.89. The zero-order valence-electron chi connectivity index (χ0n) is 18.4. The molecule has 1 N–H and O–H groups in total. The molecule has 3 aromatic heterocycles. The van der Waals surface area contributed by atoms with Gasteiger partial charge in [-0.25, -0.2) is 9.37 Å². The molecule has 1 aliphatic rings. The summed E-state index contributed by atoms with van der Waals surface area (Å²) in [6.07, 6.45) is 4.32. The van der Waals surface area contributed by atoms with E-state index in [1.54, 1.807) is 6.07 Å². The summed E-state index contributed by atoms with van der Waals surface area (Å²) in [4.78, 5) is 23.6. The first-order valence-corrected chi connectivity index (χ1v) is 11.1. The molecule has 0 spiro atoms. The van der Waals surface area contributed by atoms with Crippen molar-refractivity contribution >= 4 is 28.3 Å². The molecule has 7 nitrogen and oxygen atoms in total. The van der Waals surface area contributed by atoms with Crippen molar-refractivity contribution in [1.29, 1.82) is 0 Å². The number of anilines is 2. The largest absolute Gasteiger partial charge is 0.342 e. The molecule has 0 bridgehead atoms. The smallest absolute Gasteiger partial charge is 0.224 e. The van der Waals surface area contributed by atoms with Gasteiger partial charge in [0.1, 0.15) is 11.6 Å². The fourth-order valence-electron chi connectivity index (χ4n) is 4.37. The van der Waals surface area contributed by atoms with Crippen LogP contribution in [0.2, 0.25) is 0 Å². The molecular formula is C25H25FN6O. The van der Waals surface area contributed by atoms with Crippen molar-refractivity contribution in [3.63, 3.8) is 0 Å². The minimum absolute atomic E-state index is 0.138. The first-order chi connectivity index (χ1) is 16.0. The van der Waals surface area contributed by atoms with Crippen LogP contribution in [0.1, 0.15) is 30.1 Å². The van der Waals surface area contributed by atoms with Crippen LogP contribution in [0.5, 0.6) is 0 Å². The third kappa shape index (κ3) is 4.69. The molecule has 4 aromatic rings. The van der Waals surface area contributed by atoms with Crippen molar-refractivity contribution in [2.24, 2.45) is 0 Å². The fourth-order valence-corrected chi connectivity index (χ4v) is 4.37. The van der Waals surface area contributed by atoms with Crippen molar-refractivity contribution in [2.75, 3.05) is 18.4 Å². The zero-order chi connectivity index (χ0) is 22.8. The monoisotopic (exact) mass is 444 g/mol. The molecule has 1 saturated heterocycles. The number of amides is 1. The van der Waals surface area contributed by atoms with Crippen LogP contribution in [0.25, 0.3) is 10.9 Å². The van der Waals surface area contributed by atoms with E-state index >= 15 is 0 Å². The lowest BCUT2D eigenvalue weighted by atomic mass is 10.0. The molecule has 5 rings (SSSR count). The highest BCUT2D eigenvalue weighted by atomic mass is 19.1. The van der Waals surface area contributed by atoms with Crippen LogP contribution in [-0.4, -0.2) is 43.6 Å². The number of fused-ring (bicyclic) bond motifs is 1. The van der Waals surface area contributed by atoms with Gasteiger partial charge in [-0.05, 0) is 43.7 Å². The van der Waals surface area contributed by atoms with Gasteiger partial charge in [0.05, 0.1) is 24.5 Å². The third-order valence-corrected chi connectivity index (χ3v) is 6.02. The van der Waals surface area contributed by atoms with Crippen LogP contribution in [0.3, 0.4) is 0 Å². The van der Waals surface area contributed by atoms with Crippen LogP contribution in [-0.2, 0) is 11.3 Å². The van der Waals surface area contributed by atoms with Gasteiger partial charge in [-0.15, -0.1) is 0 Å². The number of hydrogen-bond acceptors (Lipinski definition) is 5. The number of nitrogens with one attached hydrogen (secondary N) is 1. The summed E-state index contributed by atoms with van der Waals surface area (Å²) in [7, 11) is 0. The van der Waals surface area contributed by atoms with E-state index in [-0.39, 0.29) is 17.6 Å². The number of aryl methyl sites for hydroxylation is 2. The Bertz CT molecular complexity index is 1290. The number of carbonyl (C=O) groups excluding carboxylic acids is 1. The number of hydrogen-bond donors (Lipinski definition) is 1. The molecule has 0 aliphatic carbocycles. The van der Waals surface area contributed by atoms with Crippen LogP contribution >= 0.6 is 0 Å². The van der Waals surface area contributed by atoms with E-state index in [2.05, 4.69) is 15.4 Å². The van der Waals surface area contributed by atoms with Crippen molar-refractivity contribution in [2.45, 2.75) is 32.2 Å². The minimum atomic E-state index is -0.372. The number of halogens is 1. The highest BCUT2D eigenvalue weighted by Gasteiger charge is 2.28. The molecular weight excluding hydrogens is 419 g/mol. The third-order valence-electron chi connectivity index (χ3n) is 6.02. The highest BCUT2D eigenvalue weighted by molar-refractivity contribution is 5.79. The standard InChI is InChI=1S/C25H25FN6O/c1-17-12-21(30-24-7-6-20(26)15-27-24)13-22(29-17)19-8-10-31(16-19)25(33)9-11-32-23-5-3-2-4-18(23)14-28-32/h2-7,12-15,19H,8-11,16H2,1H3,(H,27,29,30)/t19-/m1/s1. The number of rotatable bonds is 6. The Hall–Kier alpha value is -3.81. The predicted octanol–water partition coefficient (Wildman–Crippen LogP) is 4.42. The van der Waals surface area contributed by atoms with E-state index in [1.807, 2.05) is 59.1 Å². The number of nitrogens with zero attached hydrogens (tertiary/aromatic N) is 5. The van der Waals surface area contributed by atoms with Gasteiger partial charge >= 0.3 is 0 Å². The Morgan fingerprint density at radius 1 is 1.18 bits per heavy atom. The molecule has 168 valence electrons. The van der Waals surface area contributed by atoms with E-state index < -0.39 is 0 Å². The number of para-hydroxylation sites is 1. The van der Waals surface area contributed by atoms with Gasteiger partial charge in [0, 0.05) is 47.9 Å². The summed E-state index contributed by atoms with van der Waals surface area (Å²) in [6, 6.07) is 14.9. The summed E-state index contributed by atoms with van der Waals surface area (Å²) in [5.74, 6) is 0.519. The van der Waals surface area contributed by atoms with E-state index in [0.29, 0.717) is 25.3 Å². The summed E-state index contributed by atoms with van der Waals surface area (Å²) in [5.41, 5.74) is 3.73. The number of aromatic nitrogens is 4. The van der Waals surface area contributed by atoms with E-state index in [0.717, 1.165) is 40.9 Å². The topological polar surface area (TPSA) is 75.9 Å². The Labute approximate surface area is 191 Å². The maximum Gasteiger partial charge on any atom is 0.224 e. The van der Waals surface area contributed by atoms with Crippen LogP contribution in [0, 0.1) is 12.7 Å². The van der Waals surface area contributed by atoms with Gasteiger partial charge in [-0.2, -0.15) is 5.10 Å². The molecule has 1 amide bonds. The second-order valence-corrected chi connectivity index (χ2v) is 8.41. The minimum Gasteiger partial charge on any atom is -0.342 e. The molecule has 1 aromatic carbocycles. The molecule has 0 unspecified atom stereocenters. The average Bonchev–Trinajstić information content (AvgIpc) is 3.46. The quantitative estimate of drug-likeness (QED) is 0.476. The molecule has 33 heavy (non-hydrogen) atoms.